The highest BCUT2D eigenvalue weighted by molar-refractivity contribution is 5.81. The van der Waals surface area contributed by atoms with Gasteiger partial charge < -0.3 is 9.84 Å². The molecule has 16 heavy (non-hydrogen) atoms. The van der Waals surface area contributed by atoms with Crippen molar-refractivity contribution in [2.24, 2.45) is 11.8 Å². The molecule has 0 amide bonds. The van der Waals surface area contributed by atoms with E-state index in [-0.39, 0.29) is 18.0 Å². The zero-order valence-corrected chi connectivity index (χ0v) is 10.8. The van der Waals surface area contributed by atoms with Gasteiger partial charge in [-0.3, -0.25) is 0 Å². The van der Waals surface area contributed by atoms with E-state index < -0.39 is 0 Å². The van der Waals surface area contributed by atoms with Crippen LogP contribution in [0.2, 0.25) is 0 Å². The average Bonchev–Trinajstić information content (AvgIpc) is 2.32. The standard InChI is InChI=1S/C13H24O3/c1-5-10(3)9-11(12(14)6-2)7-8-13(15)16-4/h7-8,10-12,14H,5-6,9H2,1-4H3/b8-7+/t10-,11+,12+/m0/s1. The van der Waals surface area contributed by atoms with Gasteiger partial charge in [-0.1, -0.05) is 33.3 Å². The maximum atomic E-state index is 11.0. The number of hydrogen-bond donors (Lipinski definition) is 1. The number of carbonyl (C=O) groups excluding carboxylic acids is 1. The summed E-state index contributed by atoms with van der Waals surface area (Å²) in [6.07, 6.45) is 5.48. The highest BCUT2D eigenvalue weighted by Crippen LogP contribution is 2.21. The van der Waals surface area contributed by atoms with Gasteiger partial charge in [-0.2, -0.15) is 0 Å². The van der Waals surface area contributed by atoms with Gasteiger partial charge in [0.2, 0.25) is 0 Å². The minimum Gasteiger partial charge on any atom is -0.466 e. The van der Waals surface area contributed by atoms with Crippen LogP contribution in [0.15, 0.2) is 12.2 Å². The maximum Gasteiger partial charge on any atom is 0.330 e. The van der Waals surface area contributed by atoms with Crippen LogP contribution in [0.3, 0.4) is 0 Å². The molecule has 0 saturated heterocycles. The molecule has 0 bridgehead atoms. The van der Waals surface area contributed by atoms with E-state index in [1.54, 1.807) is 6.08 Å². The molecule has 0 fully saturated rings. The zero-order valence-electron chi connectivity index (χ0n) is 10.8. The first-order chi connectivity index (χ1) is 7.54. The van der Waals surface area contributed by atoms with Crippen molar-refractivity contribution >= 4 is 5.97 Å². The van der Waals surface area contributed by atoms with Crippen molar-refractivity contribution in [3.63, 3.8) is 0 Å². The molecule has 0 aromatic heterocycles. The van der Waals surface area contributed by atoms with Gasteiger partial charge in [0.15, 0.2) is 0 Å². The molecule has 0 saturated carbocycles. The molecular formula is C13H24O3. The summed E-state index contributed by atoms with van der Waals surface area (Å²) < 4.78 is 4.54. The smallest absolute Gasteiger partial charge is 0.330 e. The average molecular weight is 228 g/mol. The molecule has 0 unspecified atom stereocenters. The van der Waals surface area contributed by atoms with Gasteiger partial charge in [-0.25, -0.2) is 4.79 Å². The quantitative estimate of drug-likeness (QED) is 0.538. The second kappa shape index (κ2) is 8.34. The molecule has 0 heterocycles. The lowest BCUT2D eigenvalue weighted by molar-refractivity contribution is -0.134. The summed E-state index contributed by atoms with van der Waals surface area (Å²) in [4.78, 5) is 11.0. The molecule has 0 radical (unpaired) electrons. The Hall–Kier alpha value is -0.830. The Morgan fingerprint density at radius 1 is 1.38 bits per heavy atom. The second-order valence-corrected chi connectivity index (χ2v) is 4.27. The Bertz CT molecular complexity index is 223. The number of methoxy groups -OCH3 is 1. The first-order valence-corrected chi connectivity index (χ1v) is 5.99. The SMILES string of the molecule is CC[C@H](C)C[C@@H](/C=C/C(=O)OC)[C@H](O)CC. The number of rotatable bonds is 7. The monoisotopic (exact) mass is 228 g/mol. The van der Waals surface area contributed by atoms with Crippen LogP contribution in [0.5, 0.6) is 0 Å². The van der Waals surface area contributed by atoms with E-state index in [1.807, 2.05) is 6.92 Å². The van der Waals surface area contributed by atoms with Crippen LogP contribution in [-0.4, -0.2) is 24.3 Å². The van der Waals surface area contributed by atoms with E-state index in [4.69, 9.17) is 0 Å². The Morgan fingerprint density at radius 2 is 2.00 bits per heavy atom. The number of aliphatic hydroxyl groups excluding tert-OH is 1. The number of carbonyl (C=O) groups is 1. The van der Waals surface area contributed by atoms with Crippen molar-refractivity contribution < 1.29 is 14.6 Å². The number of esters is 1. The molecule has 3 heteroatoms. The Labute approximate surface area is 98.5 Å². The molecule has 0 aliphatic carbocycles. The summed E-state index contributed by atoms with van der Waals surface area (Å²) in [5, 5.41) is 9.84. The third kappa shape index (κ3) is 5.91. The molecule has 3 nitrogen and oxygen atoms in total. The summed E-state index contributed by atoms with van der Waals surface area (Å²) in [6, 6.07) is 0. The summed E-state index contributed by atoms with van der Waals surface area (Å²) in [6.45, 7) is 6.23. The van der Waals surface area contributed by atoms with Crippen molar-refractivity contribution in [1.29, 1.82) is 0 Å². The fourth-order valence-corrected chi connectivity index (χ4v) is 1.57. The van der Waals surface area contributed by atoms with Crippen LogP contribution in [0.4, 0.5) is 0 Å². The lowest BCUT2D eigenvalue weighted by Gasteiger charge is -2.21. The normalized spacial score (nSPS) is 17.1. The van der Waals surface area contributed by atoms with Gasteiger partial charge in [0.25, 0.3) is 0 Å². The van der Waals surface area contributed by atoms with Crippen LogP contribution in [0.1, 0.15) is 40.0 Å². The molecule has 0 rings (SSSR count). The number of hydrogen-bond acceptors (Lipinski definition) is 3. The molecule has 3 atom stereocenters. The van der Waals surface area contributed by atoms with Crippen LogP contribution in [0.25, 0.3) is 0 Å². The predicted molar refractivity (Wildman–Crippen MR) is 65.0 cm³/mol. The van der Waals surface area contributed by atoms with Crippen LogP contribution in [-0.2, 0) is 9.53 Å². The third-order valence-corrected chi connectivity index (χ3v) is 2.96. The van der Waals surface area contributed by atoms with Gasteiger partial charge >= 0.3 is 5.97 Å². The Kier molecular flexibility index (Phi) is 7.90. The molecule has 1 N–H and O–H groups in total. The lowest BCUT2D eigenvalue weighted by atomic mass is 9.88. The van der Waals surface area contributed by atoms with E-state index in [0.29, 0.717) is 12.3 Å². The van der Waals surface area contributed by atoms with Gasteiger partial charge in [0, 0.05) is 12.0 Å². The van der Waals surface area contributed by atoms with Crippen molar-refractivity contribution in [3.8, 4) is 0 Å². The Balaban J connectivity index is 4.42. The van der Waals surface area contributed by atoms with E-state index in [2.05, 4.69) is 18.6 Å². The Morgan fingerprint density at radius 3 is 2.44 bits per heavy atom. The van der Waals surface area contributed by atoms with Crippen LogP contribution < -0.4 is 0 Å². The van der Waals surface area contributed by atoms with E-state index >= 15 is 0 Å². The van der Waals surface area contributed by atoms with Gasteiger partial charge in [-0.05, 0) is 18.8 Å². The van der Waals surface area contributed by atoms with E-state index in [1.165, 1.54) is 13.2 Å². The molecule has 0 aromatic rings. The molecule has 0 aliphatic rings. The van der Waals surface area contributed by atoms with Crippen molar-refractivity contribution in [3.05, 3.63) is 12.2 Å². The first kappa shape index (κ1) is 15.2. The molecule has 0 spiro atoms. The first-order valence-electron chi connectivity index (χ1n) is 5.99. The highest BCUT2D eigenvalue weighted by atomic mass is 16.5. The van der Waals surface area contributed by atoms with Gasteiger partial charge in [0.1, 0.15) is 0 Å². The molecule has 0 aliphatic heterocycles. The largest absolute Gasteiger partial charge is 0.466 e. The highest BCUT2D eigenvalue weighted by Gasteiger charge is 2.17. The fraction of sp³-hybridized carbons (Fsp3) is 0.769. The summed E-state index contributed by atoms with van der Waals surface area (Å²) in [5.74, 6) is 0.227. The molecule has 94 valence electrons. The fourth-order valence-electron chi connectivity index (χ4n) is 1.57. The number of ether oxygens (including phenoxy) is 1. The lowest BCUT2D eigenvalue weighted by Crippen LogP contribution is -2.20. The summed E-state index contributed by atoms with van der Waals surface area (Å²) >= 11 is 0. The number of aliphatic hydroxyl groups is 1. The van der Waals surface area contributed by atoms with E-state index in [0.717, 1.165) is 12.8 Å². The van der Waals surface area contributed by atoms with Crippen molar-refractivity contribution in [1.82, 2.24) is 0 Å². The van der Waals surface area contributed by atoms with Crippen LogP contribution >= 0.6 is 0 Å². The minimum absolute atomic E-state index is 0.0408. The molecular weight excluding hydrogens is 204 g/mol. The van der Waals surface area contributed by atoms with Crippen molar-refractivity contribution in [2.45, 2.75) is 46.1 Å². The summed E-state index contributed by atoms with van der Waals surface area (Å²) in [5.41, 5.74) is 0. The van der Waals surface area contributed by atoms with Gasteiger partial charge in [-0.15, -0.1) is 0 Å². The zero-order chi connectivity index (χ0) is 12.6. The topological polar surface area (TPSA) is 46.5 Å². The third-order valence-electron chi connectivity index (χ3n) is 2.96. The van der Waals surface area contributed by atoms with Crippen LogP contribution in [0, 0.1) is 11.8 Å². The van der Waals surface area contributed by atoms with E-state index in [9.17, 15) is 9.90 Å². The van der Waals surface area contributed by atoms with Crippen molar-refractivity contribution in [2.75, 3.05) is 7.11 Å². The summed E-state index contributed by atoms with van der Waals surface area (Å²) in [7, 11) is 1.35. The minimum atomic E-state index is -0.380. The second-order valence-electron chi connectivity index (χ2n) is 4.27. The molecule has 0 aromatic carbocycles. The predicted octanol–water partition coefficient (Wildman–Crippen LogP) is 2.54. The van der Waals surface area contributed by atoms with Gasteiger partial charge in [0.05, 0.1) is 13.2 Å². The maximum absolute atomic E-state index is 11.0.